The quantitative estimate of drug-likeness (QED) is 0.0321. The average Bonchev–Trinajstić information content (AvgIpc) is 3.31. The van der Waals surface area contributed by atoms with Crippen molar-refractivity contribution in [2.75, 3.05) is 13.2 Å². The molecule has 386 valence electrons. The van der Waals surface area contributed by atoms with Gasteiger partial charge in [0.1, 0.15) is 0 Å². The molecule has 0 heterocycles. The summed E-state index contributed by atoms with van der Waals surface area (Å²) in [6, 6.07) is -0.623. The molecule has 3 N–H and O–H groups in total. The summed E-state index contributed by atoms with van der Waals surface area (Å²) >= 11 is 0. The molecule has 0 aromatic carbocycles. The van der Waals surface area contributed by atoms with Crippen LogP contribution in [0.3, 0.4) is 0 Å². The highest BCUT2D eigenvalue weighted by atomic mass is 16.5. The lowest BCUT2D eigenvalue weighted by Crippen LogP contribution is -2.45. The van der Waals surface area contributed by atoms with Crippen molar-refractivity contribution >= 4 is 11.9 Å². The van der Waals surface area contributed by atoms with Gasteiger partial charge < -0.3 is 20.3 Å². The first kappa shape index (κ1) is 63.6. The summed E-state index contributed by atoms with van der Waals surface area (Å²) in [5, 5.41) is 23.0. The number of aliphatic hydroxyl groups excluding tert-OH is 2. The van der Waals surface area contributed by atoms with Crippen LogP contribution >= 0.6 is 0 Å². The molecule has 65 heavy (non-hydrogen) atoms. The Morgan fingerprint density at radius 3 is 1.05 bits per heavy atom. The number of hydrogen-bond donors (Lipinski definition) is 3. The zero-order valence-electron chi connectivity index (χ0n) is 44.0. The molecule has 0 fully saturated rings. The van der Waals surface area contributed by atoms with E-state index in [0.29, 0.717) is 19.4 Å². The van der Waals surface area contributed by atoms with Gasteiger partial charge in [-0.3, -0.25) is 9.59 Å². The second kappa shape index (κ2) is 55.2. The lowest BCUT2D eigenvalue weighted by Gasteiger charge is -2.20. The van der Waals surface area contributed by atoms with Crippen LogP contribution in [0.5, 0.6) is 0 Å². The molecule has 0 aliphatic heterocycles. The van der Waals surface area contributed by atoms with Gasteiger partial charge in [0, 0.05) is 12.8 Å². The number of amides is 1. The van der Waals surface area contributed by atoms with Gasteiger partial charge in [0.2, 0.25) is 5.91 Å². The van der Waals surface area contributed by atoms with Gasteiger partial charge in [-0.05, 0) is 32.1 Å². The summed E-state index contributed by atoms with van der Waals surface area (Å²) in [7, 11) is 0. The molecule has 0 saturated heterocycles. The summed E-state index contributed by atoms with van der Waals surface area (Å²) < 4.78 is 5.47. The minimum Gasteiger partial charge on any atom is -0.466 e. The van der Waals surface area contributed by atoms with Crippen molar-refractivity contribution in [3.05, 3.63) is 12.2 Å². The summed E-state index contributed by atoms with van der Waals surface area (Å²) in [6.07, 6.45) is 65.4. The third-order valence-electron chi connectivity index (χ3n) is 13.8. The average molecular weight is 919 g/mol. The Balaban J connectivity index is 3.33. The lowest BCUT2D eigenvalue weighted by molar-refractivity contribution is -0.143. The van der Waals surface area contributed by atoms with Crippen molar-refractivity contribution in [1.82, 2.24) is 5.32 Å². The number of aliphatic hydroxyl groups is 2. The minimum absolute atomic E-state index is 0.0175. The first-order valence-corrected chi connectivity index (χ1v) is 29.5. The minimum atomic E-state index is -0.839. The molecular formula is C59H115NO5. The van der Waals surface area contributed by atoms with Gasteiger partial charge in [-0.1, -0.05) is 296 Å². The van der Waals surface area contributed by atoms with Crippen LogP contribution in [0.4, 0.5) is 0 Å². The summed E-state index contributed by atoms with van der Waals surface area (Å²) in [6.45, 7) is 4.90. The van der Waals surface area contributed by atoms with Crippen molar-refractivity contribution in [2.45, 2.75) is 341 Å². The van der Waals surface area contributed by atoms with E-state index in [1.165, 1.54) is 263 Å². The van der Waals surface area contributed by atoms with Gasteiger partial charge in [0.05, 0.1) is 25.4 Å². The number of unbranched alkanes of at least 4 members (excludes halogenated alkanes) is 44. The maximum absolute atomic E-state index is 12.4. The molecule has 0 aliphatic carbocycles. The fraction of sp³-hybridized carbons (Fsp3) is 0.932. The smallest absolute Gasteiger partial charge is 0.305 e. The molecule has 0 aliphatic rings. The van der Waals surface area contributed by atoms with Crippen LogP contribution in [-0.2, 0) is 14.3 Å². The maximum Gasteiger partial charge on any atom is 0.305 e. The third kappa shape index (κ3) is 51.8. The molecule has 0 spiro atoms. The molecule has 0 aromatic heterocycles. The predicted octanol–water partition coefficient (Wildman–Crippen LogP) is 18.1. The zero-order valence-corrected chi connectivity index (χ0v) is 44.0. The van der Waals surface area contributed by atoms with Gasteiger partial charge in [-0.2, -0.15) is 0 Å². The van der Waals surface area contributed by atoms with E-state index in [-0.39, 0.29) is 18.5 Å². The molecule has 0 aromatic rings. The second-order valence-electron chi connectivity index (χ2n) is 20.3. The monoisotopic (exact) mass is 918 g/mol. The van der Waals surface area contributed by atoms with E-state index in [1.54, 1.807) is 6.08 Å². The van der Waals surface area contributed by atoms with E-state index in [9.17, 15) is 19.8 Å². The van der Waals surface area contributed by atoms with Gasteiger partial charge in [-0.25, -0.2) is 0 Å². The number of esters is 1. The van der Waals surface area contributed by atoms with E-state index in [0.717, 1.165) is 38.5 Å². The fourth-order valence-corrected chi connectivity index (χ4v) is 9.28. The van der Waals surface area contributed by atoms with Crippen molar-refractivity contribution in [3.8, 4) is 0 Å². The summed E-state index contributed by atoms with van der Waals surface area (Å²) in [4.78, 5) is 24.4. The number of allylic oxidation sites excluding steroid dienone is 1. The molecule has 6 nitrogen and oxygen atoms in total. The molecule has 0 saturated carbocycles. The van der Waals surface area contributed by atoms with Crippen LogP contribution in [0.25, 0.3) is 0 Å². The largest absolute Gasteiger partial charge is 0.466 e. The highest BCUT2D eigenvalue weighted by Gasteiger charge is 2.18. The highest BCUT2D eigenvalue weighted by molar-refractivity contribution is 5.76. The third-order valence-corrected chi connectivity index (χ3v) is 13.8. The second-order valence-corrected chi connectivity index (χ2v) is 20.3. The lowest BCUT2D eigenvalue weighted by atomic mass is 10.0. The van der Waals surface area contributed by atoms with Gasteiger partial charge >= 0.3 is 5.97 Å². The van der Waals surface area contributed by atoms with Gasteiger partial charge in [-0.15, -0.1) is 0 Å². The molecule has 6 heteroatoms. The van der Waals surface area contributed by atoms with Crippen LogP contribution in [0.15, 0.2) is 12.2 Å². The van der Waals surface area contributed by atoms with Crippen molar-refractivity contribution in [3.63, 3.8) is 0 Å². The maximum atomic E-state index is 12.4. The Hall–Kier alpha value is -1.40. The van der Waals surface area contributed by atoms with Gasteiger partial charge in [0.25, 0.3) is 0 Å². The van der Waals surface area contributed by atoms with Crippen molar-refractivity contribution in [1.29, 1.82) is 0 Å². The van der Waals surface area contributed by atoms with Crippen LogP contribution in [0.1, 0.15) is 328 Å². The van der Waals surface area contributed by atoms with E-state index in [1.807, 2.05) is 6.08 Å². The molecular weight excluding hydrogens is 803 g/mol. The molecule has 0 rings (SSSR count). The number of rotatable bonds is 55. The SMILES string of the molecule is CCCCCCCCCC/C=C/C(O)C(CO)NC(=O)CCCCCCCCCCCCCCCCCCCCCCCCCCCCCOC(=O)CCCCCCCCCCCCC. The highest BCUT2D eigenvalue weighted by Crippen LogP contribution is 2.18. The van der Waals surface area contributed by atoms with E-state index < -0.39 is 12.1 Å². The Labute approximate surface area is 406 Å². The van der Waals surface area contributed by atoms with Crippen LogP contribution < -0.4 is 5.32 Å². The molecule has 2 atom stereocenters. The standard InChI is InChI=1S/C59H115NO5/c1-3-5-7-9-11-13-32-37-41-45-49-53-59(64)65-54-50-46-42-38-34-31-29-27-25-23-21-19-17-15-16-18-20-22-24-26-28-30-33-36-40-44-48-52-58(63)60-56(55-61)57(62)51-47-43-39-35-14-12-10-8-6-4-2/h47,51,56-57,61-62H,3-46,48-50,52-55H2,1-2H3,(H,60,63)/b51-47+. The Morgan fingerprint density at radius 2 is 0.708 bits per heavy atom. The molecule has 0 bridgehead atoms. The number of carbonyl (C=O) groups excluding carboxylic acids is 2. The molecule has 2 unspecified atom stereocenters. The normalized spacial score (nSPS) is 12.6. The van der Waals surface area contributed by atoms with Crippen LogP contribution in [-0.4, -0.2) is 47.4 Å². The molecule has 0 radical (unpaired) electrons. The van der Waals surface area contributed by atoms with E-state index in [2.05, 4.69) is 19.2 Å². The first-order chi connectivity index (χ1) is 32.0. The van der Waals surface area contributed by atoms with E-state index in [4.69, 9.17) is 4.74 Å². The van der Waals surface area contributed by atoms with Crippen molar-refractivity contribution < 1.29 is 24.5 Å². The number of carbonyl (C=O) groups is 2. The van der Waals surface area contributed by atoms with Crippen LogP contribution in [0.2, 0.25) is 0 Å². The number of nitrogens with one attached hydrogen (secondary N) is 1. The molecule has 1 amide bonds. The fourth-order valence-electron chi connectivity index (χ4n) is 9.28. The Morgan fingerprint density at radius 1 is 0.415 bits per heavy atom. The first-order valence-electron chi connectivity index (χ1n) is 29.5. The summed E-state index contributed by atoms with van der Waals surface area (Å²) in [5.41, 5.74) is 0. The number of ether oxygens (including phenoxy) is 1. The summed E-state index contributed by atoms with van der Waals surface area (Å²) in [5.74, 6) is -0.0485. The Bertz CT molecular complexity index is 970. The zero-order chi connectivity index (χ0) is 47.2. The van der Waals surface area contributed by atoms with Gasteiger partial charge in [0.15, 0.2) is 0 Å². The predicted molar refractivity (Wildman–Crippen MR) is 283 cm³/mol. The topological polar surface area (TPSA) is 95.9 Å². The van der Waals surface area contributed by atoms with E-state index >= 15 is 0 Å². The number of hydrogen-bond acceptors (Lipinski definition) is 5. The van der Waals surface area contributed by atoms with Crippen LogP contribution in [0, 0.1) is 0 Å². The Kier molecular flexibility index (Phi) is 54.0. The van der Waals surface area contributed by atoms with Crippen molar-refractivity contribution in [2.24, 2.45) is 0 Å².